The summed E-state index contributed by atoms with van der Waals surface area (Å²) in [6, 6.07) is 31.4. The highest BCUT2D eigenvalue weighted by Crippen LogP contribution is 2.45. The van der Waals surface area contributed by atoms with E-state index in [1.807, 2.05) is 103 Å². The molecular weight excluding hydrogens is 560 g/mol. The minimum Gasteiger partial charge on any atom is -0.456 e. The summed E-state index contributed by atoms with van der Waals surface area (Å²) in [5.41, 5.74) is 6.15. The predicted molar refractivity (Wildman–Crippen MR) is 192 cm³/mol. The van der Waals surface area contributed by atoms with Gasteiger partial charge in [0.25, 0.3) is 0 Å². The Morgan fingerprint density at radius 3 is 1.26 bits per heavy atom. The lowest BCUT2D eigenvalue weighted by Crippen LogP contribution is -1.91. The molecule has 0 saturated heterocycles. The second-order valence-corrected chi connectivity index (χ2v) is 11.4. The fraction of sp³-hybridized carbons (Fsp3) is 0. The number of rotatable bonds is 3. The third-order valence-electron chi connectivity index (χ3n) is 8.93. The molecule has 0 amide bonds. The van der Waals surface area contributed by atoms with Crippen molar-refractivity contribution in [2.24, 2.45) is 0 Å². The third-order valence-corrected chi connectivity index (χ3v) is 8.93. The Labute approximate surface area is 276 Å². The van der Waals surface area contributed by atoms with Crippen molar-refractivity contribution in [2.75, 3.05) is 0 Å². The van der Waals surface area contributed by atoms with E-state index >= 15 is 0 Å². The Bertz CT molecular complexity index is 3170. The molecule has 10 aromatic rings. The number of para-hydroxylation sites is 2. The molecule has 2 heterocycles. The fourth-order valence-electron chi connectivity index (χ4n) is 6.82. The first-order chi connectivity index (χ1) is 26.1. The van der Waals surface area contributed by atoms with Gasteiger partial charge in [-0.2, -0.15) is 0 Å². The molecule has 0 bridgehead atoms. The smallest absolute Gasteiger partial charge is 0.136 e. The fourth-order valence-corrected chi connectivity index (χ4v) is 6.82. The van der Waals surface area contributed by atoms with E-state index in [0.29, 0.717) is 27.9 Å². The number of benzene rings is 8. The zero-order valence-corrected chi connectivity index (χ0v) is 24.2. The van der Waals surface area contributed by atoms with E-state index in [2.05, 4.69) is 0 Å². The van der Waals surface area contributed by atoms with Crippen LogP contribution in [0.2, 0.25) is 0 Å². The van der Waals surface area contributed by atoms with Gasteiger partial charge in [0.05, 0.1) is 11.0 Å². The molecule has 0 saturated carbocycles. The van der Waals surface area contributed by atoms with Crippen molar-refractivity contribution in [3.05, 3.63) is 158 Å². The molecule has 0 radical (unpaired) electrons. The van der Waals surface area contributed by atoms with E-state index in [0.717, 1.165) is 43.8 Å². The van der Waals surface area contributed by atoms with Crippen LogP contribution in [0.3, 0.4) is 0 Å². The SMILES string of the molecule is [2H]c1c([2H])c([2H])c2c(-c3ccc4c(c3)oc3ccccc34)c3c([2H])c([2H])c([2H])c([2H])c3c(-c3ccc(-c4ccc5c(c4)oc4ccccc45)cc3)c2c1[2H]. The molecule has 0 aliphatic heterocycles. The summed E-state index contributed by atoms with van der Waals surface area (Å²) >= 11 is 0. The normalized spacial score (nSPS) is 14.3. The maximum Gasteiger partial charge on any atom is 0.136 e. The molecule has 2 aromatic heterocycles. The van der Waals surface area contributed by atoms with Crippen LogP contribution >= 0.6 is 0 Å². The van der Waals surface area contributed by atoms with E-state index in [1.54, 1.807) is 6.07 Å². The van der Waals surface area contributed by atoms with Crippen molar-refractivity contribution in [1.29, 1.82) is 0 Å². The molecular formula is C44H26O2. The summed E-state index contributed by atoms with van der Waals surface area (Å²) < 4.78 is 84.3. The topological polar surface area (TPSA) is 26.3 Å². The molecule has 0 atom stereocenters. The molecule has 10 rings (SSSR count). The molecule has 46 heavy (non-hydrogen) atoms. The van der Waals surface area contributed by atoms with Crippen molar-refractivity contribution < 1.29 is 19.8 Å². The molecule has 0 aliphatic rings. The van der Waals surface area contributed by atoms with Gasteiger partial charge >= 0.3 is 0 Å². The summed E-state index contributed by atoms with van der Waals surface area (Å²) in [7, 11) is 0. The first-order valence-electron chi connectivity index (χ1n) is 19.0. The molecule has 0 spiro atoms. The molecule has 0 aliphatic carbocycles. The van der Waals surface area contributed by atoms with Gasteiger partial charge in [0.1, 0.15) is 22.3 Å². The van der Waals surface area contributed by atoms with Crippen LogP contribution in [0.4, 0.5) is 0 Å². The Balaban J connectivity index is 1.28. The van der Waals surface area contributed by atoms with Gasteiger partial charge in [0, 0.05) is 21.5 Å². The highest BCUT2D eigenvalue weighted by atomic mass is 16.3. The summed E-state index contributed by atoms with van der Waals surface area (Å²) in [4.78, 5) is 0. The Hall–Kier alpha value is -6.12. The van der Waals surface area contributed by atoms with E-state index in [-0.39, 0.29) is 51.3 Å². The molecule has 0 unspecified atom stereocenters. The van der Waals surface area contributed by atoms with Crippen LogP contribution in [-0.2, 0) is 0 Å². The summed E-state index contributed by atoms with van der Waals surface area (Å²) in [5.74, 6) is 0. The third kappa shape index (κ3) is 3.71. The first-order valence-corrected chi connectivity index (χ1v) is 15.0. The zero-order valence-electron chi connectivity index (χ0n) is 32.2. The lowest BCUT2D eigenvalue weighted by atomic mass is 9.85. The van der Waals surface area contributed by atoms with Gasteiger partial charge in [-0.15, -0.1) is 0 Å². The first kappa shape index (κ1) is 18.6. The lowest BCUT2D eigenvalue weighted by molar-refractivity contribution is 0.668. The summed E-state index contributed by atoms with van der Waals surface area (Å²) in [6.07, 6.45) is 0. The van der Waals surface area contributed by atoms with Crippen molar-refractivity contribution in [3.8, 4) is 33.4 Å². The van der Waals surface area contributed by atoms with Crippen molar-refractivity contribution in [3.63, 3.8) is 0 Å². The zero-order chi connectivity index (χ0) is 37.2. The van der Waals surface area contributed by atoms with Gasteiger partial charge in [0.2, 0.25) is 0 Å². The van der Waals surface area contributed by atoms with Crippen LogP contribution in [0.1, 0.15) is 11.0 Å². The van der Waals surface area contributed by atoms with E-state index in [9.17, 15) is 5.48 Å². The molecule has 2 nitrogen and oxygen atoms in total. The van der Waals surface area contributed by atoms with Gasteiger partial charge < -0.3 is 8.83 Å². The second-order valence-electron chi connectivity index (χ2n) is 11.4. The predicted octanol–water partition coefficient (Wildman–Crippen LogP) is 12.8. The van der Waals surface area contributed by atoms with Crippen LogP contribution < -0.4 is 0 Å². The molecule has 0 N–H and O–H groups in total. The molecule has 0 fully saturated rings. The second kappa shape index (κ2) is 9.69. The highest BCUT2D eigenvalue weighted by Gasteiger charge is 2.18. The standard InChI is InChI=1S/C44H26O2/c1-3-13-37-35(11-1)43(28-19-17-27(18-20-28)29-21-23-33-31-9-5-7-15-39(31)45-41(33)25-29)36-12-2-4-14-38(36)44(37)30-22-24-34-32-10-6-8-16-40(32)46-42(34)26-30/h1-26H/i1D,2D,3D,4D,11D,12D,13D,14D. The largest absolute Gasteiger partial charge is 0.456 e. The van der Waals surface area contributed by atoms with Gasteiger partial charge in [-0.3, -0.25) is 0 Å². The number of hydrogen-bond acceptors (Lipinski definition) is 2. The van der Waals surface area contributed by atoms with Crippen LogP contribution in [-0.4, -0.2) is 0 Å². The average molecular weight is 595 g/mol. The van der Waals surface area contributed by atoms with E-state index in [4.69, 9.17) is 14.3 Å². The summed E-state index contributed by atoms with van der Waals surface area (Å²) in [5, 5.41) is 4.43. The van der Waals surface area contributed by atoms with Crippen molar-refractivity contribution >= 4 is 65.4 Å². The van der Waals surface area contributed by atoms with Gasteiger partial charge in [0.15, 0.2) is 0 Å². The van der Waals surface area contributed by atoms with Crippen molar-refractivity contribution in [2.45, 2.75) is 0 Å². The highest BCUT2D eigenvalue weighted by molar-refractivity contribution is 6.22. The average Bonchev–Trinajstić information content (AvgIpc) is 3.77. The van der Waals surface area contributed by atoms with Crippen molar-refractivity contribution in [1.82, 2.24) is 0 Å². The van der Waals surface area contributed by atoms with E-state index in [1.165, 1.54) is 0 Å². The van der Waals surface area contributed by atoms with Crippen LogP contribution in [0.25, 0.3) is 98.8 Å². The quantitative estimate of drug-likeness (QED) is 0.190. The van der Waals surface area contributed by atoms with E-state index < -0.39 is 24.2 Å². The number of fused-ring (bicyclic) bond motifs is 8. The molecule has 2 heteroatoms. The lowest BCUT2D eigenvalue weighted by Gasteiger charge is -2.18. The maximum atomic E-state index is 9.26. The minimum atomic E-state index is -0.443. The Morgan fingerprint density at radius 2 is 0.717 bits per heavy atom. The molecule has 214 valence electrons. The number of hydrogen-bond donors (Lipinski definition) is 0. The minimum absolute atomic E-state index is 0.156. The maximum absolute atomic E-state index is 9.26. The van der Waals surface area contributed by atoms with Crippen LogP contribution in [0.5, 0.6) is 0 Å². The van der Waals surface area contributed by atoms with Crippen LogP contribution in [0, 0.1) is 0 Å². The van der Waals surface area contributed by atoms with Crippen LogP contribution in [0.15, 0.2) is 166 Å². The van der Waals surface area contributed by atoms with Gasteiger partial charge in [-0.05, 0) is 91.3 Å². The Morgan fingerprint density at radius 1 is 0.326 bits per heavy atom. The van der Waals surface area contributed by atoms with Gasteiger partial charge in [-0.1, -0.05) is 121 Å². The Kier molecular flexibility index (Phi) is 3.92. The van der Waals surface area contributed by atoms with Gasteiger partial charge in [-0.25, -0.2) is 0 Å². The summed E-state index contributed by atoms with van der Waals surface area (Å²) in [6.45, 7) is 0. The number of furan rings is 2. The molecule has 8 aromatic carbocycles. The monoisotopic (exact) mass is 594 g/mol.